The molecule has 0 radical (unpaired) electrons. The van der Waals surface area contributed by atoms with Gasteiger partial charge in [-0.3, -0.25) is 0 Å². The molecule has 1 heterocycles. The van der Waals surface area contributed by atoms with Crippen LogP contribution in [0.4, 0.5) is 5.82 Å². The Bertz CT molecular complexity index is 375. The van der Waals surface area contributed by atoms with Crippen LogP contribution in [0.25, 0.3) is 0 Å². The highest BCUT2D eigenvalue weighted by Gasteiger charge is 2.25. The maximum atomic E-state index is 5.61. The Morgan fingerprint density at radius 1 is 1.47 bits per heavy atom. The molecule has 1 aromatic rings. The van der Waals surface area contributed by atoms with E-state index in [4.69, 9.17) is 18.0 Å². The van der Waals surface area contributed by atoms with Crippen molar-refractivity contribution in [2.45, 2.75) is 25.3 Å². The van der Waals surface area contributed by atoms with Gasteiger partial charge in [-0.15, -0.1) is 0 Å². The first-order chi connectivity index (χ1) is 7.20. The van der Waals surface area contributed by atoms with E-state index >= 15 is 0 Å². The highest BCUT2D eigenvalue weighted by molar-refractivity contribution is 7.80. The standard InChI is InChI=1S/C10H14N4S/c1-14(7-3-2-4-7)10-8(9(11)15)12-5-6-13-10/h5-7H,2-4H2,1H3,(H2,11,15). The fourth-order valence-electron chi connectivity index (χ4n) is 1.71. The lowest BCUT2D eigenvalue weighted by molar-refractivity contribution is 0.399. The van der Waals surface area contributed by atoms with Gasteiger partial charge in [-0.05, 0) is 19.3 Å². The van der Waals surface area contributed by atoms with Gasteiger partial charge in [0.2, 0.25) is 0 Å². The van der Waals surface area contributed by atoms with Crippen molar-refractivity contribution in [3.8, 4) is 0 Å². The zero-order valence-corrected chi connectivity index (χ0v) is 9.50. The van der Waals surface area contributed by atoms with Crippen molar-refractivity contribution in [1.82, 2.24) is 9.97 Å². The van der Waals surface area contributed by atoms with E-state index in [1.165, 1.54) is 19.3 Å². The highest BCUT2D eigenvalue weighted by atomic mass is 32.1. The fraction of sp³-hybridized carbons (Fsp3) is 0.500. The van der Waals surface area contributed by atoms with Crippen LogP contribution < -0.4 is 10.6 Å². The van der Waals surface area contributed by atoms with Crippen molar-refractivity contribution in [3.05, 3.63) is 18.1 Å². The predicted molar refractivity (Wildman–Crippen MR) is 64.0 cm³/mol. The quantitative estimate of drug-likeness (QED) is 0.776. The summed E-state index contributed by atoms with van der Waals surface area (Å²) in [6.45, 7) is 0. The van der Waals surface area contributed by atoms with Crippen LogP contribution in [0.5, 0.6) is 0 Å². The largest absolute Gasteiger partial charge is 0.388 e. The minimum atomic E-state index is 0.310. The minimum Gasteiger partial charge on any atom is -0.388 e. The van der Waals surface area contributed by atoms with Gasteiger partial charge in [0.25, 0.3) is 0 Å². The molecule has 15 heavy (non-hydrogen) atoms. The van der Waals surface area contributed by atoms with Crippen molar-refractivity contribution >= 4 is 23.0 Å². The maximum absolute atomic E-state index is 5.61. The monoisotopic (exact) mass is 222 g/mol. The van der Waals surface area contributed by atoms with Crippen LogP contribution in [0.15, 0.2) is 12.4 Å². The molecular formula is C10H14N4S. The molecule has 0 amide bonds. The molecule has 0 atom stereocenters. The summed E-state index contributed by atoms with van der Waals surface area (Å²) in [6.07, 6.45) is 7.00. The summed E-state index contributed by atoms with van der Waals surface area (Å²) >= 11 is 4.96. The van der Waals surface area contributed by atoms with Crippen molar-refractivity contribution in [2.24, 2.45) is 5.73 Å². The van der Waals surface area contributed by atoms with Crippen LogP contribution in [0, 0.1) is 0 Å². The van der Waals surface area contributed by atoms with E-state index in [0.29, 0.717) is 16.7 Å². The predicted octanol–water partition coefficient (Wildman–Crippen LogP) is 1.10. The maximum Gasteiger partial charge on any atom is 0.157 e. The third-order valence-electron chi connectivity index (χ3n) is 2.87. The molecule has 1 aliphatic carbocycles. The first-order valence-electron chi connectivity index (χ1n) is 5.04. The van der Waals surface area contributed by atoms with E-state index < -0.39 is 0 Å². The number of nitrogens with zero attached hydrogens (tertiary/aromatic N) is 3. The fourth-order valence-corrected chi connectivity index (χ4v) is 1.85. The Labute approximate surface area is 94.5 Å². The lowest BCUT2D eigenvalue weighted by atomic mass is 9.92. The number of thiocarbonyl (C=S) groups is 1. The van der Waals surface area contributed by atoms with Gasteiger partial charge >= 0.3 is 0 Å². The first kappa shape index (κ1) is 10.3. The summed E-state index contributed by atoms with van der Waals surface area (Å²) in [4.78, 5) is 10.9. The second-order valence-electron chi connectivity index (χ2n) is 3.79. The Morgan fingerprint density at radius 3 is 2.67 bits per heavy atom. The minimum absolute atomic E-state index is 0.310. The second kappa shape index (κ2) is 4.10. The SMILES string of the molecule is CN(c1nccnc1C(N)=S)C1CCC1. The van der Waals surface area contributed by atoms with Crippen molar-refractivity contribution in [2.75, 3.05) is 11.9 Å². The lowest BCUT2D eigenvalue weighted by Gasteiger charge is -2.35. The molecular weight excluding hydrogens is 208 g/mol. The molecule has 1 aromatic heterocycles. The van der Waals surface area contributed by atoms with Crippen molar-refractivity contribution < 1.29 is 0 Å². The highest BCUT2D eigenvalue weighted by Crippen LogP contribution is 2.28. The summed E-state index contributed by atoms with van der Waals surface area (Å²) < 4.78 is 0. The van der Waals surface area contributed by atoms with Crippen LogP contribution in [0.1, 0.15) is 25.0 Å². The lowest BCUT2D eigenvalue weighted by Crippen LogP contribution is -2.39. The second-order valence-corrected chi connectivity index (χ2v) is 4.23. The number of aromatic nitrogens is 2. The van der Waals surface area contributed by atoms with Crippen LogP contribution >= 0.6 is 12.2 Å². The molecule has 4 nitrogen and oxygen atoms in total. The van der Waals surface area contributed by atoms with Crippen molar-refractivity contribution in [3.63, 3.8) is 0 Å². The van der Waals surface area contributed by atoms with Gasteiger partial charge < -0.3 is 10.6 Å². The van der Waals surface area contributed by atoms with Crippen LogP contribution in [-0.4, -0.2) is 28.0 Å². The molecule has 0 bridgehead atoms. The average Bonchev–Trinajstić information content (AvgIpc) is 2.15. The number of rotatable bonds is 3. The molecule has 0 aliphatic heterocycles. The topological polar surface area (TPSA) is 55.0 Å². The zero-order chi connectivity index (χ0) is 10.8. The van der Waals surface area contributed by atoms with Crippen LogP contribution in [-0.2, 0) is 0 Å². The summed E-state index contributed by atoms with van der Waals surface area (Å²) in [5.74, 6) is 0.801. The molecule has 1 fully saturated rings. The normalized spacial score (nSPS) is 15.8. The van der Waals surface area contributed by atoms with Gasteiger partial charge in [0.05, 0.1) is 0 Å². The van der Waals surface area contributed by atoms with E-state index in [1.807, 2.05) is 7.05 Å². The van der Waals surface area contributed by atoms with E-state index in [1.54, 1.807) is 12.4 Å². The summed E-state index contributed by atoms with van der Waals surface area (Å²) in [5.41, 5.74) is 6.24. The number of nitrogens with two attached hydrogens (primary N) is 1. The molecule has 2 N–H and O–H groups in total. The molecule has 80 valence electrons. The van der Waals surface area contributed by atoms with Crippen LogP contribution in [0.3, 0.4) is 0 Å². The average molecular weight is 222 g/mol. The molecule has 5 heteroatoms. The molecule has 1 saturated carbocycles. The van der Waals surface area contributed by atoms with Crippen LogP contribution in [0.2, 0.25) is 0 Å². The molecule has 0 saturated heterocycles. The van der Waals surface area contributed by atoms with E-state index in [0.717, 1.165) is 5.82 Å². The molecule has 0 unspecified atom stereocenters. The summed E-state index contributed by atoms with van der Waals surface area (Å²) in [5, 5.41) is 0. The Kier molecular flexibility index (Phi) is 2.81. The van der Waals surface area contributed by atoms with E-state index in [-0.39, 0.29) is 0 Å². The Hall–Kier alpha value is -1.23. The number of hydrogen-bond donors (Lipinski definition) is 1. The Morgan fingerprint density at radius 2 is 2.13 bits per heavy atom. The molecule has 0 aromatic carbocycles. The Balaban J connectivity index is 2.29. The smallest absolute Gasteiger partial charge is 0.157 e. The number of hydrogen-bond acceptors (Lipinski definition) is 4. The zero-order valence-electron chi connectivity index (χ0n) is 8.68. The van der Waals surface area contributed by atoms with Gasteiger partial charge in [-0.1, -0.05) is 12.2 Å². The van der Waals surface area contributed by atoms with Crippen molar-refractivity contribution in [1.29, 1.82) is 0 Å². The number of anilines is 1. The summed E-state index contributed by atoms with van der Waals surface area (Å²) in [6, 6.07) is 0.565. The molecule has 1 aliphatic rings. The molecule has 2 rings (SSSR count). The van der Waals surface area contributed by atoms with E-state index in [9.17, 15) is 0 Å². The van der Waals surface area contributed by atoms with Gasteiger partial charge in [0, 0.05) is 25.5 Å². The summed E-state index contributed by atoms with van der Waals surface area (Å²) in [7, 11) is 2.02. The van der Waals surface area contributed by atoms with Gasteiger partial charge in [-0.2, -0.15) is 0 Å². The van der Waals surface area contributed by atoms with Gasteiger partial charge in [0.15, 0.2) is 5.82 Å². The van der Waals surface area contributed by atoms with E-state index in [2.05, 4.69) is 14.9 Å². The molecule has 0 spiro atoms. The third kappa shape index (κ3) is 1.92. The first-order valence-corrected chi connectivity index (χ1v) is 5.44. The third-order valence-corrected chi connectivity index (χ3v) is 3.06. The van der Waals surface area contributed by atoms with Gasteiger partial charge in [0.1, 0.15) is 10.7 Å². The van der Waals surface area contributed by atoms with Gasteiger partial charge in [-0.25, -0.2) is 9.97 Å².